The number of fused-ring (bicyclic) bond motifs is 1. The first kappa shape index (κ1) is 16.6. The first-order valence-corrected chi connectivity index (χ1v) is 8.42. The Bertz CT molecular complexity index is 627. The molecule has 5 heteroatoms. The van der Waals surface area contributed by atoms with Crippen LogP contribution in [0, 0.1) is 0 Å². The zero-order valence-corrected chi connectivity index (χ0v) is 14.0. The average molecular weight is 328 g/mol. The zero-order chi connectivity index (χ0) is 16.8. The van der Waals surface area contributed by atoms with E-state index in [9.17, 15) is 4.79 Å². The summed E-state index contributed by atoms with van der Waals surface area (Å²) in [7, 11) is 1.66. The van der Waals surface area contributed by atoms with Crippen LogP contribution in [-0.2, 0) is 17.6 Å². The molecular formula is C19H24N2O3. The number of methoxy groups -OCH3 is 1. The van der Waals surface area contributed by atoms with Gasteiger partial charge in [-0.1, -0.05) is 24.3 Å². The van der Waals surface area contributed by atoms with E-state index >= 15 is 0 Å². The Morgan fingerprint density at radius 1 is 1.21 bits per heavy atom. The highest BCUT2D eigenvalue weighted by Crippen LogP contribution is 2.19. The van der Waals surface area contributed by atoms with E-state index in [1.165, 1.54) is 11.1 Å². The smallest absolute Gasteiger partial charge is 0.318 e. The fourth-order valence-corrected chi connectivity index (χ4v) is 3.12. The summed E-state index contributed by atoms with van der Waals surface area (Å²) >= 11 is 0. The van der Waals surface area contributed by atoms with Crippen LogP contribution < -0.4 is 5.32 Å². The number of ether oxygens (including phenoxy) is 1. The predicted octanol–water partition coefficient (Wildman–Crippen LogP) is 3.17. The van der Waals surface area contributed by atoms with Crippen LogP contribution in [0.1, 0.15) is 29.3 Å². The summed E-state index contributed by atoms with van der Waals surface area (Å²) < 4.78 is 10.6. The molecule has 128 valence electrons. The molecule has 24 heavy (non-hydrogen) atoms. The maximum absolute atomic E-state index is 12.7. The van der Waals surface area contributed by atoms with Crippen LogP contribution >= 0.6 is 0 Å². The van der Waals surface area contributed by atoms with Crippen molar-refractivity contribution in [3.63, 3.8) is 0 Å². The van der Waals surface area contributed by atoms with Crippen molar-refractivity contribution in [3.8, 4) is 0 Å². The minimum atomic E-state index is -0.168. The number of nitrogens with zero attached hydrogens (tertiary/aromatic N) is 1. The van der Waals surface area contributed by atoms with Crippen molar-refractivity contribution in [2.75, 3.05) is 26.8 Å². The van der Waals surface area contributed by atoms with Crippen molar-refractivity contribution in [1.82, 2.24) is 10.2 Å². The predicted molar refractivity (Wildman–Crippen MR) is 91.9 cm³/mol. The third-order valence-electron chi connectivity index (χ3n) is 4.50. The molecule has 1 aliphatic heterocycles. The van der Waals surface area contributed by atoms with Gasteiger partial charge in [0.15, 0.2) is 0 Å². The third kappa shape index (κ3) is 3.97. The van der Waals surface area contributed by atoms with Gasteiger partial charge >= 0.3 is 6.03 Å². The number of urea groups is 1. The maximum atomic E-state index is 12.7. The summed E-state index contributed by atoms with van der Waals surface area (Å²) in [6, 6.07) is 11.9. The van der Waals surface area contributed by atoms with Crippen molar-refractivity contribution < 1.29 is 13.9 Å². The lowest BCUT2D eigenvalue weighted by molar-refractivity contribution is 0.168. The van der Waals surface area contributed by atoms with Gasteiger partial charge in [0.05, 0.1) is 12.3 Å². The number of rotatable bonds is 5. The molecule has 1 aromatic heterocycles. The van der Waals surface area contributed by atoms with Crippen molar-refractivity contribution in [1.29, 1.82) is 0 Å². The lowest BCUT2D eigenvalue weighted by Crippen LogP contribution is -2.43. The van der Waals surface area contributed by atoms with Gasteiger partial charge in [-0.05, 0) is 42.5 Å². The molecule has 2 aromatic rings. The summed E-state index contributed by atoms with van der Waals surface area (Å²) in [5.74, 6) is 0.763. The van der Waals surface area contributed by atoms with Gasteiger partial charge in [0.2, 0.25) is 0 Å². The number of furan rings is 1. The van der Waals surface area contributed by atoms with E-state index in [4.69, 9.17) is 9.15 Å². The summed E-state index contributed by atoms with van der Waals surface area (Å²) in [6.07, 6.45) is 4.11. The fourth-order valence-electron chi connectivity index (χ4n) is 3.12. The molecule has 5 nitrogen and oxygen atoms in total. The standard InChI is InChI=1S/C19H24N2O3/c1-23-14-10-17(18-7-4-13-24-18)20-19(22)21-11-8-15-5-2-3-6-16(15)9-12-21/h2-7,13,17H,8-12,14H2,1H3,(H,20,22)/t17-/m0/s1. The number of nitrogens with one attached hydrogen (secondary N) is 1. The highest BCUT2D eigenvalue weighted by molar-refractivity contribution is 5.74. The molecule has 0 aliphatic carbocycles. The van der Waals surface area contributed by atoms with Crippen LogP contribution in [0.4, 0.5) is 4.79 Å². The van der Waals surface area contributed by atoms with E-state index in [1.807, 2.05) is 17.0 Å². The summed E-state index contributed by atoms with van der Waals surface area (Å²) in [5.41, 5.74) is 2.68. The number of hydrogen-bond acceptors (Lipinski definition) is 3. The van der Waals surface area contributed by atoms with Gasteiger partial charge in [-0.25, -0.2) is 4.79 Å². The second kappa shape index (κ2) is 8.02. The van der Waals surface area contributed by atoms with Crippen molar-refractivity contribution in [2.24, 2.45) is 0 Å². The lowest BCUT2D eigenvalue weighted by atomic mass is 10.0. The molecule has 3 rings (SSSR count). The monoisotopic (exact) mass is 328 g/mol. The molecule has 0 spiro atoms. The Morgan fingerprint density at radius 2 is 1.92 bits per heavy atom. The van der Waals surface area contributed by atoms with E-state index in [2.05, 4.69) is 29.6 Å². The van der Waals surface area contributed by atoms with Gasteiger partial charge in [-0.3, -0.25) is 0 Å². The van der Waals surface area contributed by atoms with Crippen molar-refractivity contribution >= 4 is 6.03 Å². The van der Waals surface area contributed by atoms with E-state index in [-0.39, 0.29) is 12.1 Å². The Morgan fingerprint density at radius 3 is 2.50 bits per heavy atom. The van der Waals surface area contributed by atoms with Crippen molar-refractivity contribution in [2.45, 2.75) is 25.3 Å². The second-order valence-corrected chi connectivity index (χ2v) is 6.05. The van der Waals surface area contributed by atoms with E-state index in [1.54, 1.807) is 13.4 Å². The molecule has 0 unspecified atom stereocenters. The van der Waals surface area contributed by atoms with Crippen LogP contribution in [0.15, 0.2) is 47.1 Å². The van der Waals surface area contributed by atoms with Crippen LogP contribution in [0.25, 0.3) is 0 Å². The molecular weight excluding hydrogens is 304 g/mol. The highest BCUT2D eigenvalue weighted by atomic mass is 16.5. The number of hydrogen-bond donors (Lipinski definition) is 1. The minimum Gasteiger partial charge on any atom is -0.467 e. The number of carbonyl (C=O) groups excluding carboxylic acids is 1. The van der Waals surface area contributed by atoms with Crippen LogP contribution in [0.2, 0.25) is 0 Å². The van der Waals surface area contributed by atoms with Crippen LogP contribution in [0.5, 0.6) is 0 Å². The topological polar surface area (TPSA) is 54.7 Å². The van der Waals surface area contributed by atoms with Crippen LogP contribution in [0.3, 0.4) is 0 Å². The van der Waals surface area contributed by atoms with E-state index in [0.717, 1.165) is 31.7 Å². The Balaban J connectivity index is 1.63. The Kier molecular flexibility index (Phi) is 5.54. The third-order valence-corrected chi connectivity index (χ3v) is 4.50. The Labute approximate surface area is 142 Å². The number of benzene rings is 1. The molecule has 0 saturated carbocycles. The van der Waals surface area contributed by atoms with E-state index in [0.29, 0.717) is 13.0 Å². The van der Waals surface area contributed by atoms with Crippen LogP contribution in [-0.4, -0.2) is 37.7 Å². The number of amides is 2. The molecule has 0 fully saturated rings. The molecule has 2 heterocycles. The summed E-state index contributed by atoms with van der Waals surface area (Å²) in [4.78, 5) is 14.6. The zero-order valence-electron chi connectivity index (χ0n) is 14.0. The number of carbonyl (C=O) groups is 1. The molecule has 1 aliphatic rings. The lowest BCUT2D eigenvalue weighted by Gasteiger charge is -2.24. The minimum absolute atomic E-state index is 0.0414. The quantitative estimate of drug-likeness (QED) is 0.917. The molecule has 1 N–H and O–H groups in total. The van der Waals surface area contributed by atoms with Crippen molar-refractivity contribution in [3.05, 3.63) is 59.5 Å². The van der Waals surface area contributed by atoms with Gasteiger partial charge in [-0.15, -0.1) is 0 Å². The molecule has 0 bridgehead atoms. The summed E-state index contributed by atoms with van der Waals surface area (Å²) in [5, 5.41) is 3.09. The van der Waals surface area contributed by atoms with Gasteiger partial charge in [0.1, 0.15) is 5.76 Å². The first-order chi connectivity index (χ1) is 11.8. The Hall–Kier alpha value is -2.27. The molecule has 0 radical (unpaired) electrons. The molecule has 1 atom stereocenters. The van der Waals surface area contributed by atoms with Gasteiger partial charge < -0.3 is 19.4 Å². The fraction of sp³-hybridized carbons (Fsp3) is 0.421. The SMILES string of the molecule is COCC[C@H](NC(=O)N1CCc2ccccc2CC1)c1ccco1. The normalized spacial score (nSPS) is 15.5. The van der Waals surface area contributed by atoms with E-state index < -0.39 is 0 Å². The summed E-state index contributed by atoms with van der Waals surface area (Å²) in [6.45, 7) is 2.03. The first-order valence-electron chi connectivity index (χ1n) is 8.42. The van der Waals surface area contributed by atoms with Gasteiger partial charge in [0.25, 0.3) is 0 Å². The largest absolute Gasteiger partial charge is 0.467 e. The maximum Gasteiger partial charge on any atom is 0.318 e. The molecule has 1 aromatic carbocycles. The molecule has 2 amide bonds. The second-order valence-electron chi connectivity index (χ2n) is 6.05. The molecule has 0 saturated heterocycles. The van der Waals surface area contributed by atoms with Gasteiger partial charge in [0, 0.05) is 26.8 Å². The van der Waals surface area contributed by atoms with Gasteiger partial charge in [-0.2, -0.15) is 0 Å². The average Bonchev–Trinajstić information content (AvgIpc) is 3.05. The highest BCUT2D eigenvalue weighted by Gasteiger charge is 2.22.